The van der Waals surface area contributed by atoms with Gasteiger partial charge in [-0.1, -0.05) is 23.4 Å². The van der Waals surface area contributed by atoms with Gasteiger partial charge in [-0.2, -0.15) is 4.98 Å². The Labute approximate surface area is 121 Å². The van der Waals surface area contributed by atoms with Crippen molar-refractivity contribution < 1.29 is 13.7 Å². The van der Waals surface area contributed by atoms with Crippen LogP contribution < -0.4 is 5.32 Å². The van der Waals surface area contributed by atoms with E-state index in [9.17, 15) is 0 Å². The first-order valence-electron chi connectivity index (χ1n) is 6.92. The maximum atomic E-state index is 5.75. The molecule has 6 nitrogen and oxygen atoms in total. The van der Waals surface area contributed by atoms with E-state index in [1.165, 1.54) is 0 Å². The molecule has 0 saturated carbocycles. The number of para-hydroxylation sites is 1. The molecule has 0 spiro atoms. The molecule has 3 aromatic rings. The van der Waals surface area contributed by atoms with Crippen molar-refractivity contribution in [1.82, 2.24) is 15.5 Å². The molecule has 3 heterocycles. The van der Waals surface area contributed by atoms with Crippen LogP contribution in [0.3, 0.4) is 0 Å². The fraction of sp³-hybridized carbons (Fsp3) is 0.333. The molecule has 1 aliphatic heterocycles. The average molecular weight is 285 g/mol. The largest absolute Gasteiger partial charge is 0.453 e. The van der Waals surface area contributed by atoms with Gasteiger partial charge in [0.1, 0.15) is 5.58 Å². The van der Waals surface area contributed by atoms with Gasteiger partial charge in [-0.3, -0.25) is 0 Å². The first kappa shape index (κ1) is 12.6. The van der Waals surface area contributed by atoms with Gasteiger partial charge in [0, 0.05) is 11.4 Å². The fourth-order valence-corrected chi connectivity index (χ4v) is 2.66. The number of likely N-dealkylation sites (N-methyl/N-ethyl adjacent to an activating group) is 1. The molecule has 2 atom stereocenters. The van der Waals surface area contributed by atoms with Gasteiger partial charge >= 0.3 is 0 Å². The van der Waals surface area contributed by atoms with Crippen molar-refractivity contribution >= 4 is 11.0 Å². The molecule has 1 aliphatic rings. The Balaban J connectivity index is 1.67. The van der Waals surface area contributed by atoms with Crippen molar-refractivity contribution in [2.75, 3.05) is 20.3 Å². The first-order chi connectivity index (χ1) is 10.3. The molecular weight excluding hydrogens is 270 g/mol. The summed E-state index contributed by atoms with van der Waals surface area (Å²) in [7, 11) is 1.91. The number of nitrogens with zero attached hydrogens (tertiary/aromatic N) is 2. The average Bonchev–Trinajstić information content (AvgIpc) is 3.23. The zero-order valence-corrected chi connectivity index (χ0v) is 11.6. The van der Waals surface area contributed by atoms with Crippen molar-refractivity contribution in [2.24, 2.45) is 0 Å². The van der Waals surface area contributed by atoms with E-state index < -0.39 is 0 Å². The second kappa shape index (κ2) is 4.98. The maximum Gasteiger partial charge on any atom is 0.238 e. The number of hydrogen-bond donors (Lipinski definition) is 1. The Morgan fingerprint density at radius 2 is 2.14 bits per heavy atom. The third kappa shape index (κ3) is 2.12. The lowest BCUT2D eigenvalue weighted by Crippen LogP contribution is -2.31. The zero-order chi connectivity index (χ0) is 14.2. The SMILES string of the molecule is CNC1COCC1c1nc(-c2cc3ccccc3o2)no1. The van der Waals surface area contributed by atoms with Gasteiger partial charge in [0.2, 0.25) is 11.7 Å². The number of aromatic nitrogens is 2. The van der Waals surface area contributed by atoms with Crippen molar-refractivity contribution in [3.05, 3.63) is 36.2 Å². The molecular formula is C15H15N3O3. The highest BCUT2D eigenvalue weighted by Crippen LogP contribution is 2.29. The van der Waals surface area contributed by atoms with Crippen molar-refractivity contribution in [3.8, 4) is 11.6 Å². The minimum absolute atomic E-state index is 0.0839. The number of ether oxygens (including phenoxy) is 1. The number of rotatable bonds is 3. The van der Waals surface area contributed by atoms with E-state index in [-0.39, 0.29) is 12.0 Å². The van der Waals surface area contributed by atoms with Crippen molar-refractivity contribution in [1.29, 1.82) is 0 Å². The minimum Gasteiger partial charge on any atom is -0.453 e. The van der Waals surface area contributed by atoms with Gasteiger partial charge < -0.3 is 19.0 Å². The van der Waals surface area contributed by atoms with Gasteiger partial charge in [0.05, 0.1) is 19.1 Å². The standard InChI is InChI=1S/C15H15N3O3/c1-16-11-8-19-7-10(11)15-17-14(18-21-15)13-6-9-4-2-3-5-12(9)20-13/h2-6,10-11,16H,7-8H2,1H3. The lowest BCUT2D eigenvalue weighted by atomic mass is 10.0. The van der Waals surface area contributed by atoms with Crippen LogP contribution in [0.25, 0.3) is 22.6 Å². The van der Waals surface area contributed by atoms with Crippen LogP contribution in [0.5, 0.6) is 0 Å². The Kier molecular flexibility index (Phi) is 2.98. The Bertz CT molecular complexity index is 731. The highest BCUT2D eigenvalue weighted by Gasteiger charge is 2.33. The van der Waals surface area contributed by atoms with Gasteiger partial charge in [-0.25, -0.2) is 0 Å². The molecule has 21 heavy (non-hydrogen) atoms. The number of hydrogen-bond acceptors (Lipinski definition) is 6. The summed E-state index contributed by atoms with van der Waals surface area (Å²) in [6.45, 7) is 1.25. The van der Waals surface area contributed by atoms with Crippen molar-refractivity contribution in [3.63, 3.8) is 0 Å². The zero-order valence-electron chi connectivity index (χ0n) is 11.6. The van der Waals surface area contributed by atoms with Crippen LogP contribution in [-0.2, 0) is 4.74 Å². The monoisotopic (exact) mass is 285 g/mol. The predicted molar refractivity (Wildman–Crippen MR) is 75.9 cm³/mol. The summed E-state index contributed by atoms with van der Waals surface area (Å²) >= 11 is 0. The van der Waals surface area contributed by atoms with E-state index >= 15 is 0 Å². The van der Waals surface area contributed by atoms with Gasteiger partial charge in [-0.05, 0) is 19.2 Å². The van der Waals surface area contributed by atoms with Crippen LogP contribution in [0, 0.1) is 0 Å². The molecule has 1 saturated heterocycles. The Morgan fingerprint density at radius 3 is 3.00 bits per heavy atom. The van der Waals surface area contributed by atoms with Crippen LogP contribution in [0.2, 0.25) is 0 Å². The fourth-order valence-electron chi connectivity index (χ4n) is 2.66. The molecule has 108 valence electrons. The number of fused-ring (bicyclic) bond motifs is 1. The molecule has 0 radical (unpaired) electrons. The molecule has 0 amide bonds. The quantitative estimate of drug-likeness (QED) is 0.795. The molecule has 2 aromatic heterocycles. The molecule has 4 rings (SSSR count). The van der Waals surface area contributed by atoms with E-state index in [4.69, 9.17) is 13.7 Å². The van der Waals surface area contributed by atoms with E-state index in [2.05, 4.69) is 15.5 Å². The second-order valence-corrected chi connectivity index (χ2v) is 5.14. The van der Waals surface area contributed by atoms with Gasteiger partial charge in [0.25, 0.3) is 0 Å². The summed E-state index contributed by atoms with van der Waals surface area (Å²) < 4.78 is 16.6. The summed E-state index contributed by atoms with van der Waals surface area (Å²) in [4.78, 5) is 4.46. The highest BCUT2D eigenvalue weighted by atomic mass is 16.5. The van der Waals surface area contributed by atoms with E-state index in [0.717, 1.165) is 11.0 Å². The molecule has 1 fully saturated rings. The van der Waals surface area contributed by atoms with Crippen molar-refractivity contribution in [2.45, 2.75) is 12.0 Å². The van der Waals surface area contributed by atoms with Crippen LogP contribution in [0.1, 0.15) is 11.8 Å². The van der Waals surface area contributed by atoms with Crippen LogP contribution in [-0.4, -0.2) is 36.4 Å². The number of benzene rings is 1. The summed E-state index contributed by atoms with van der Waals surface area (Å²) in [5.74, 6) is 1.76. The second-order valence-electron chi connectivity index (χ2n) is 5.14. The lowest BCUT2D eigenvalue weighted by Gasteiger charge is -2.11. The third-order valence-electron chi connectivity index (χ3n) is 3.86. The topological polar surface area (TPSA) is 73.3 Å². The number of furan rings is 1. The van der Waals surface area contributed by atoms with Gasteiger partial charge in [0.15, 0.2) is 5.76 Å². The van der Waals surface area contributed by atoms with E-state index in [0.29, 0.717) is 30.7 Å². The lowest BCUT2D eigenvalue weighted by molar-refractivity contribution is 0.185. The summed E-state index contributed by atoms with van der Waals surface area (Å²) in [5.41, 5.74) is 0.816. The Hall–Kier alpha value is -2.18. The highest BCUT2D eigenvalue weighted by molar-refractivity contribution is 5.81. The molecule has 1 N–H and O–H groups in total. The smallest absolute Gasteiger partial charge is 0.238 e. The minimum atomic E-state index is 0.0839. The molecule has 1 aromatic carbocycles. The molecule has 6 heteroatoms. The normalized spacial score (nSPS) is 22.1. The Morgan fingerprint density at radius 1 is 1.24 bits per heavy atom. The third-order valence-corrected chi connectivity index (χ3v) is 3.86. The van der Waals surface area contributed by atoms with Gasteiger partial charge in [-0.15, -0.1) is 0 Å². The van der Waals surface area contributed by atoms with E-state index in [1.807, 2.05) is 37.4 Å². The van der Waals surface area contributed by atoms with Crippen LogP contribution in [0.15, 0.2) is 39.3 Å². The molecule has 0 bridgehead atoms. The molecule has 2 unspecified atom stereocenters. The predicted octanol–water partition coefficient (Wildman–Crippen LogP) is 2.18. The van der Waals surface area contributed by atoms with Crippen LogP contribution in [0.4, 0.5) is 0 Å². The number of nitrogens with one attached hydrogen (secondary N) is 1. The first-order valence-corrected chi connectivity index (χ1v) is 6.92. The van der Waals surface area contributed by atoms with E-state index in [1.54, 1.807) is 0 Å². The summed E-state index contributed by atoms with van der Waals surface area (Å²) in [6, 6.07) is 9.94. The summed E-state index contributed by atoms with van der Waals surface area (Å²) in [6.07, 6.45) is 0. The summed E-state index contributed by atoms with van der Waals surface area (Å²) in [5, 5.41) is 8.26. The molecule has 0 aliphatic carbocycles. The van der Waals surface area contributed by atoms with Crippen LogP contribution >= 0.6 is 0 Å². The maximum absolute atomic E-state index is 5.75.